The van der Waals surface area contributed by atoms with E-state index in [4.69, 9.17) is 9.84 Å². The lowest BCUT2D eigenvalue weighted by molar-refractivity contribution is -0.142. The van der Waals surface area contributed by atoms with Crippen LogP contribution in [0.15, 0.2) is 28.7 Å². The van der Waals surface area contributed by atoms with E-state index in [1.807, 2.05) is 24.3 Å². The third-order valence-corrected chi connectivity index (χ3v) is 3.79. The number of rotatable bonds is 9. The van der Waals surface area contributed by atoms with Crippen molar-refractivity contribution in [3.05, 3.63) is 28.7 Å². The number of nitrogens with zero attached hydrogens (tertiary/aromatic N) is 1. The van der Waals surface area contributed by atoms with E-state index in [1.165, 1.54) is 4.90 Å². The van der Waals surface area contributed by atoms with Crippen molar-refractivity contribution in [3.8, 4) is 5.75 Å². The van der Waals surface area contributed by atoms with Crippen molar-refractivity contribution < 1.29 is 19.4 Å². The van der Waals surface area contributed by atoms with Crippen LogP contribution in [-0.2, 0) is 9.59 Å². The molecule has 0 heterocycles. The van der Waals surface area contributed by atoms with Gasteiger partial charge in [-0.1, -0.05) is 22.9 Å². The highest BCUT2D eigenvalue weighted by molar-refractivity contribution is 9.10. The molecule has 1 atom stereocenters. The van der Waals surface area contributed by atoms with Gasteiger partial charge in [0.15, 0.2) is 0 Å². The summed E-state index contributed by atoms with van der Waals surface area (Å²) >= 11 is 3.36. The summed E-state index contributed by atoms with van der Waals surface area (Å²) in [5.41, 5.74) is 0. The minimum Gasteiger partial charge on any atom is -0.494 e. The van der Waals surface area contributed by atoms with Gasteiger partial charge in [0.1, 0.15) is 5.75 Å². The first-order valence-electron chi connectivity index (χ1n) is 7.25. The van der Waals surface area contributed by atoms with Crippen LogP contribution in [-0.4, -0.2) is 42.1 Å². The standard InChI is InChI=1S/C16H22BrNO4/c1-12(16(20)21)11-18(2)15(19)5-3-4-10-22-14-8-6-13(17)7-9-14/h6-9,12H,3-5,10-11H2,1-2H3,(H,20,21). The van der Waals surface area contributed by atoms with Gasteiger partial charge in [-0.05, 0) is 37.1 Å². The molecule has 0 radical (unpaired) electrons. The number of carboxylic acid groups (broad SMARTS) is 1. The van der Waals surface area contributed by atoms with Crippen LogP contribution < -0.4 is 4.74 Å². The minimum atomic E-state index is -0.887. The number of carboxylic acids is 1. The lowest BCUT2D eigenvalue weighted by atomic mass is 10.1. The lowest BCUT2D eigenvalue weighted by Gasteiger charge is -2.19. The first-order chi connectivity index (χ1) is 10.4. The minimum absolute atomic E-state index is 0.0308. The van der Waals surface area contributed by atoms with Crippen molar-refractivity contribution >= 4 is 27.8 Å². The molecule has 0 aromatic heterocycles. The summed E-state index contributed by atoms with van der Waals surface area (Å²) in [6, 6.07) is 7.60. The smallest absolute Gasteiger partial charge is 0.308 e. The Morgan fingerprint density at radius 2 is 1.91 bits per heavy atom. The molecule has 0 spiro atoms. The number of carbonyl (C=O) groups excluding carboxylic acids is 1. The van der Waals surface area contributed by atoms with Crippen LogP contribution in [0.25, 0.3) is 0 Å². The third-order valence-electron chi connectivity index (χ3n) is 3.26. The van der Waals surface area contributed by atoms with Gasteiger partial charge in [-0.25, -0.2) is 0 Å². The average molecular weight is 372 g/mol. The predicted octanol–water partition coefficient (Wildman–Crippen LogP) is 3.18. The molecule has 22 heavy (non-hydrogen) atoms. The molecule has 0 aliphatic carbocycles. The molecule has 0 saturated carbocycles. The number of aliphatic carboxylic acids is 1. The number of benzene rings is 1. The molecule has 1 aromatic carbocycles. The second-order valence-electron chi connectivity index (χ2n) is 5.27. The van der Waals surface area contributed by atoms with E-state index in [9.17, 15) is 9.59 Å². The summed E-state index contributed by atoms with van der Waals surface area (Å²) in [6.07, 6.45) is 1.91. The zero-order valence-corrected chi connectivity index (χ0v) is 14.5. The van der Waals surface area contributed by atoms with Gasteiger partial charge < -0.3 is 14.7 Å². The highest BCUT2D eigenvalue weighted by atomic mass is 79.9. The molecule has 0 saturated heterocycles. The van der Waals surface area contributed by atoms with Crippen LogP contribution in [0.1, 0.15) is 26.2 Å². The fourth-order valence-corrected chi connectivity index (χ4v) is 2.15. The molecule has 0 aliphatic heterocycles. The Kier molecular flexibility index (Phi) is 7.95. The largest absolute Gasteiger partial charge is 0.494 e. The topological polar surface area (TPSA) is 66.8 Å². The highest BCUT2D eigenvalue weighted by Gasteiger charge is 2.16. The van der Waals surface area contributed by atoms with Crippen LogP contribution >= 0.6 is 15.9 Å². The molecular formula is C16H22BrNO4. The lowest BCUT2D eigenvalue weighted by Crippen LogP contribution is -2.33. The Hall–Kier alpha value is -1.56. The molecule has 0 aliphatic rings. The summed E-state index contributed by atoms with van der Waals surface area (Å²) < 4.78 is 6.58. The normalized spacial score (nSPS) is 11.8. The average Bonchev–Trinajstić information content (AvgIpc) is 2.48. The van der Waals surface area contributed by atoms with Crippen molar-refractivity contribution in [1.29, 1.82) is 0 Å². The van der Waals surface area contributed by atoms with E-state index in [0.29, 0.717) is 13.0 Å². The zero-order chi connectivity index (χ0) is 16.5. The summed E-state index contributed by atoms with van der Waals surface area (Å²) in [6.45, 7) is 2.39. The number of carbonyl (C=O) groups is 2. The molecule has 1 rings (SSSR count). The zero-order valence-electron chi connectivity index (χ0n) is 12.9. The third kappa shape index (κ3) is 6.93. The Morgan fingerprint density at radius 3 is 2.50 bits per heavy atom. The van der Waals surface area contributed by atoms with E-state index in [1.54, 1.807) is 14.0 Å². The maximum atomic E-state index is 11.9. The van der Waals surface area contributed by atoms with E-state index >= 15 is 0 Å². The van der Waals surface area contributed by atoms with Gasteiger partial charge >= 0.3 is 5.97 Å². The molecule has 6 heteroatoms. The van der Waals surface area contributed by atoms with Gasteiger partial charge in [-0.3, -0.25) is 9.59 Å². The first kappa shape index (κ1) is 18.5. The van der Waals surface area contributed by atoms with Crippen LogP contribution in [0.3, 0.4) is 0 Å². The van der Waals surface area contributed by atoms with Crippen molar-refractivity contribution in [1.82, 2.24) is 4.90 Å². The molecule has 5 nitrogen and oxygen atoms in total. The SMILES string of the molecule is CC(CN(C)C(=O)CCCCOc1ccc(Br)cc1)C(=O)O. The number of hydrogen-bond donors (Lipinski definition) is 1. The van der Waals surface area contributed by atoms with Crippen LogP contribution in [0.4, 0.5) is 0 Å². The van der Waals surface area contributed by atoms with E-state index in [-0.39, 0.29) is 12.5 Å². The number of ether oxygens (including phenoxy) is 1. The molecule has 122 valence electrons. The Bertz CT molecular complexity index is 489. The number of halogens is 1. The number of amides is 1. The number of unbranched alkanes of at least 4 members (excludes halogenated alkanes) is 1. The second kappa shape index (κ2) is 9.46. The number of hydrogen-bond acceptors (Lipinski definition) is 3. The quantitative estimate of drug-likeness (QED) is 0.676. The van der Waals surface area contributed by atoms with Crippen LogP contribution in [0, 0.1) is 5.92 Å². The van der Waals surface area contributed by atoms with Crippen LogP contribution in [0.2, 0.25) is 0 Å². The summed E-state index contributed by atoms with van der Waals surface area (Å²) in [5.74, 6) is -0.657. The van der Waals surface area contributed by atoms with Gasteiger partial charge in [0.25, 0.3) is 0 Å². The van der Waals surface area contributed by atoms with Crippen molar-refractivity contribution in [2.45, 2.75) is 26.2 Å². The maximum absolute atomic E-state index is 11.9. The molecule has 0 bridgehead atoms. The Balaban J connectivity index is 2.17. The fourth-order valence-electron chi connectivity index (χ4n) is 1.88. The Labute approximate surface area is 139 Å². The molecular weight excluding hydrogens is 350 g/mol. The van der Waals surface area contributed by atoms with Gasteiger partial charge in [-0.15, -0.1) is 0 Å². The van der Waals surface area contributed by atoms with Gasteiger partial charge in [0.2, 0.25) is 5.91 Å². The van der Waals surface area contributed by atoms with Crippen molar-refractivity contribution in [3.63, 3.8) is 0 Å². The van der Waals surface area contributed by atoms with Crippen molar-refractivity contribution in [2.24, 2.45) is 5.92 Å². The monoisotopic (exact) mass is 371 g/mol. The first-order valence-corrected chi connectivity index (χ1v) is 8.04. The summed E-state index contributed by atoms with van der Waals surface area (Å²) in [7, 11) is 1.64. The Morgan fingerprint density at radius 1 is 1.27 bits per heavy atom. The molecule has 1 aromatic rings. The fraction of sp³-hybridized carbons (Fsp3) is 0.500. The van der Waals surface area contributed by atoms with Gasteiger partial charge in [-0.2, -0.15) is 0 Å². The van der Waals surface area contributed by atoms with Gasteiger partial charge in [0.05, 0.1) is 12.5 Å². The van der Waals surface area contributed by atoms with E-state index < -0.39 is 11.9 Å². The van der Waals surface area contributed by atoms with Crippen molar-refractivity contribution in [2.75, 3.05) is 20.2 Å². The van der Waals surface area contributed by atoms with Gasteiger partial charge in [0, 0.05) is 24.5 Å². The predicted molar refractivity (Wildman–Crippen MR) is 87.9 cm³/mol. The summed E-state index contributed by atoms with van der Waals surface area (Å²) in [5, 5.41) is 8.83. The molecule has 1 N–H and O–H groups in total. The summed E-state index contributed by atoms with van der Waals surface area (Å²) in [4.78, 5) is 24.1. The highest BCUT2D eigenvalue weighted by Crippen LogP contribution is 2.16. The maximum Gasteiger partial charge on any atom is 0.308 e. The molecule has 0 fully saturated rings. The van der Waals surface area contributed by atoms with E-state index in [2.05, 4.69) is 15.9 Å². The molecule has 1 unspecified atom stereocenters. The van der Waals surface area contributed by atoms with E-state index in [0.717, 1.165) is 23.1 Å². The van der Waals surface area contributed by atoms with Crippen LogP contribution in [0.5, 0.6) is 5.75 Å². The molecule has 1 amide bonds. The second-order valence-corrected chi connectivity index (χ2v) is 6.19.